The first-order valence-electron chi connectivity index (χ1n) is 5.78. The van der Waals surface area contributed by atoms with E-state index in [9.17, 15) is 8.42 Å². The molecule has 17 heavy (non-hydrogen) atoms. The lowest BCUT2D eigenvalue weighted by molar-refractivity contribution is 0.548. The van der Waals surface area contributed by atoms with E-state index in [1.165, 1.54) is 0 Å². The minimum Gasteiger partial charge on any atom is -0.380 e. The van der Waals surface area contributed by atoms with Crippen molar-refractivity contribution in [2.24, 2.45) is 5.73 Å². The molecule has 0 radical (unpaired) electrons. The first-order chi connectivity index (χ1) is 7.96. The highest BCUT2D eigenvalue weighted by atomic mass is 32.2. The predicted octanol–water partition coefficient (Wildman–Crippen LogP) is 1.30. The van der Waals surface area contributed by atoms with Gasteiger partial charge in [-0.15, -0.1) is 0 Å². The number of anilines is 1. The number of aryl methyl sites for hydroxylation is 1. The summed E-state index contributed by atoms with van der Waals surface area (Å²) in [6.07, 6.45) is 0.490. The van der Waals surface area contributed by atoms with E-state index < -0.39 is 15.1 Å². The maximum Gasteiger partial charge on any atom is 0.185 e. The maximum absolute atomic E-state index is 12.4. The van der Waals surface area contributed by atoms with E-state index in [0.29, 0.717) is 23.5 Å². The molecule has 2 unspecified atom stereocenters. The summed E-state index contributed by atoms with van der Waals surface area (Å²) in [6, 6.07) is 5.29. The Morgan fingerprint density at radius 2 is 2.12 bits per heavy atom. The van der Waals surface area contributed by atoms with Crippen LogP contribution in [0.1, 0.15) is 18.9 Å². The van der Waals surface area contributed by atoms with Crippen LogP contribution in [0, 0.1) is 6.92 Å². The molecule has 0 amide bonds. The van der Waals surface area contributed by atoms with Crippen LogP contribution in [0.25, 0.3) is 0 Å². The van der Waals surface area contributed by atoms with E-state index >= 15 is 0 Å². The number of rotatable bonds is 2. The van der Waals surface area contributed by atoms with Gasteiger partial charge in [0.1, 0.15) is 0 Å². The Labute approximate surface area is 102 Å². The van der Waals surface area contributed by atoms with Gasteiger partial charge in [-0.2, -0.15) is 0 Å². The van der Waals surface area contributed by atoms with E-state index in [-0.39, 0.29) is 6.04 Å². The zero-order valence-electron chi connectivity index (χ0n) is 10.1. The first kappa shape index (κ1) is 12.4. The highest BCUT2D eigenvalue weighted by molar-refractivity contribution is 7.92. The van der Waals surface area contributed by atoms with Gasteiger partial charge in [-0.3, -0.25) is 0 Å². The van der Waals surface area contributed by atoms with Crippen LogP contribution in [0.4, 0.5) is 5.69 Å². The van der Waals surface area contributed by atoms with E-state index in [1.54, 1.807) is 6.07 Å². The van der Waals surface area contributed by atoms with Crippen LogP contribution in [-0.2, 0) is 9.84 Å². The van der Waals surface area contributed by atoms with Crippen molar-refractivity contribution in [1.29, 1.82) is 0 Å². The zero-order valence-corrected chi connectivity index (χ0v) is 10.9. The molecular formula is C12H18N2O2S. The Kier molecular flexibility index (Phi) is 3.14. The SMILES string of the molecule is Cc1ccc2c(c1)NC(C)C(CCN)S2(=O)=O. The summed E-state index contributed by atoms with van der Waals surface area (Å²) in [5.74, 6) is 0. The van der Waals surface area contributed by atoms with E-state index in [1.807, 2.05) is 26.0 Å². The summed E-state index contributed by atoms with van der Waals surface area (Å²) < 4.78 is 24.8. The molecule has 2 atom stereocenters. The van der Waals surface area contributed by atoms with Crippen molar-refractivity contribution in [3.8, 4) is 0 Å². The third-order valence-corrected chi connectivity index (χ3v) is 5.64. The fraction of sp³-hybridized carbons (Fsp3) is 0.500. The number of fused-ring (bicyclic) bond motifs is 1. The molecule has 4 nitrogen and oxygen atoms in total. The molecule has 1 aromatic rings. The summed E-state index contributed by atoms with van der Waals surface area (Å²) in [5.41, 5.74) is 7.26. The van der Waals surface area contributed by atoms with Gasteiger partial charge >= 0.3 is 0 Å². The van der Waals surface area contributed by atoms with Gasteiger partial charge in [0.25, 0.3) is 0 Å². The second-order valence-corrected chi connectivity index (χ2v) is 6.73. The van der Waals surface area contributed by atoms with E-state index in [4.69, 9.17) is 5.73 Å². The van der Waals surface area contributed by atoms with E-state index in [2.05, 4.69) is 5.32 Å². The van der Waals surface area contributed by atoms with Gasteiger partial charge in [0.05, 0.1) is 15.8 Å². The number of nitrogens with one attached hydrogen (secondary N) is 1. The summed E-state index contributed by atoms with van der Waals surface area (Å²) in [4.78, 5) is 0.402. The molecule has 0 spiro atoms. The Morgan fingerprint density at radius 1 is 1.41 bits per heavy atom. The summed E-state index contributed by atoms with van der Waals surface area (Å²) in [5, 5.41) is 2.83. The lowest BCUT2D eigenvalue weighted by Crippen LogP contribution is -2.43. The summed E-state index contributed by atoms with van der Waals surface area (Å²) in [6.45, 7) is 4.23. The van der Waals surface area contributed by atoms with Crippen LogP contribution in [0.2, 0.25) is 0 Å². The third-order valence-electron chi connectivity index (χ3n) is 3.23. The van der Waals surface area contributed by atoms with Crippen LogP contribution >= 0.6 is 0 Å². The molecule has 1 heterocycles. The summed E-state index contributed by atoms with van der Waals surface area (Å²) in [7, 11) is -3.25. The van der Waals surface area contributed by atoms with Gasteiger partial charge in [0, 0.05) is 6.04 Å². The molecule has 2 rings (SSSR count). The van der Waals surface area contributed by atoms with Crippen molar-refractivity contribution >= 4 is 15.5 Å². The fourth-order valence-corrected chi connectivity index (χ4v) is 4.40. The molecule has 0 bridgehead atoms. The molecule has 0 aromatic heterocycles. The highest BCUT2D eigenvalue weighted by Crippen LogP contribution is 2.34. The second-order valence-electron chi connectivity index (χ2n) is 4.59. The molecule has 94 valence electrons. The molecule has 0 saturated carbocycles. The van der Waals surface area contributed by atoms with Crippen molar-refractivity contribution < 1.29 is 8.42 Å². The van der Waals surface area contributed by atoms with Gasteiger partial charge < -0.3 is 11.1 Å². The van der Waals surface area contributed by atoms with Gasteiger partial charge in [0.2, 0.25) is 0 Å². The molecule has 3 N–H and O–H groups in total. The van der Waals surface area contributed by atoms with Crippen molar-refractivity contribution in [1.82, 2.24) is 0 Å². The van der Waals surface area contributed by atoms with Crippen LogP contribution in [-0.4, -0.2) is 26.3 Å². The van der Waals surface area contributed by atoms with Crippen molar-refractivity contribution in [3.05, 3.63) is 23.8 Å². The maximum atomic E-state index is 12.4. The minimum atomic E-state index is -3.25. The molecule has 1 aromatic carbocycles. The predicted molar refractivity (Wildman–Crippen MR) is 68.9 cm³/mol. The molecule has 0 aliphatic carbocycles. The van der Waals surface area contributed by atoms with Gasteiger partial charge in [-0.1, -0.05) is 6.07 Å². The molecular weight excluding hydrogens is 236 g/mol. The van der Waals surface area contributed by atoms with Crippen LogP contribution in [0.5, 0.6) is 0 Å². The van der Waals surface area contributed by atoms with Crippen molar-refractivity contribution in [2.75, 3.05) is 11.9 Å². The van der Waals surface area contributed by atoms with Crippen LogP contribution in [0.3, 0.4) is 0 Å². The van der Waals surface area contributed by atoms with Gasteiger partial charge in [-0.25, -0.2) is 8.42 Å². The topological polar surface area (TPSA) is 72.2 Å². The van der Waals surface area contributed by atoms with Crippen LogP contribution in [0.15, 0.2) is 23.1 Å². The second kappa shape index (κ2) is 4.31. The average Bonchev–Trinajstić information content (AvgIpc) is 2.23. The van der Waals surface area contributed by atoms with Crippen molar-refractivity contribution in [3.63, 3.8) is 0 Å². The number of nitrogens with two attached hydrogens (primary N) is 1. The third kappa shape index (κ3) is 2.05. The van der Waals surface area contributed by atoms with Crippen LogP contribution < -0.4 is 11.1 Å². The average molecular weight is 254 g/mol. The minimum absolute atomic E-state index is 0.0992. The molecule has 0 fully saturated rings. The van der Waals surface area contributed by atoms with Gasteiger partial charge in [0.15, 0.2) is 9.84 Å². The van der Waals surface area contributed by atoms with Gasteiger partial charge in [-0.05, 0) is 44.5 Å². The summed E-state index contributed by atoms with van der Waals surface area (Å²) >= 11 is 0. The van der Waals surface area contributed by atoms with E-state index in [0.717, 1.165) is 5.56 Å². The molecule has 0 saturated heterocycles. The largest absolute Gasteiger partial charge is 0.380 e. The Bertz CT molecular complexity index is 525. The highest BCUT2D eigenvalue weighted by Gasteiger charge is 2.37. The standard InChI is InChI=1S/C12H18N2O2S/c1-8-3-4-12-10(7-8)14-9(2)11(5-6-13)17(12,15)16/h3-4,7,9,11,14H,5-6,13H2,1-2H3. The Hall–Kier alpha value is -1.07. The first-order valence-corrected chi connectivity index (χ1v) is 7.32. The van der Waals surface area contributed by atoms with Crippen molar-refractivity contribution in [2.45, 2.75) is 36.5 Å². The zero-order chi connectivity index (χ0) is 12.6. The number of hydrogen-bond donors (Lipinski definition) is 2. The Balaban J connectivity index is 2.54. The lowest BCUT2D eigenvalue weighted by Gasteiger charge is -2.32. The number of sulfone groups is 1. The lowest BCUT2D eigenvalue weighted by atomic mass is 10.1. The molecule has 1 aliphatic rings. The molecule has 1 aliphatic heterocycles. The fourth-order valence-electron chi connectivity index (χ4n) is 2.34. The monoisotopic (exact) mass is 254 g/mol. The molecule has 5 heteroatoms. The smallest absolute Gasteiger partial charge is 0.185 e. The normalized spacial score (nSPS) is 26.1. The quantitative estimate of drug-likeness (QED) is 0.834. The number of hydrogen-bond acceptors (Lipinski definition) is 4. The number of benzene rings is 1. The Morgan fingerprint density at radius 3 is 2.76 bits per heavy atom.